The number of nitrogens with two attached hydrogens (primary N) is 1. The molecule has 0 radical (unpaired) electrons. The molecule has 1 aromatic rings. The number of likely N-dealkylation sites (tertiary alicyclic amines) is 1. The Morgan fingerprint density at radius 1 is 1.58 bits per heavy atom. The number of carbonyl (C=O) groups is 1. The number of benzene rings is 1. The van der Waals surface area contributed by atoms with E-state index in [0.29, 0.717) is 19.4 Å². The van der Waals surface area contributed by atoms with Gasteiger partial charge in [0.2, 0.25) is 5.91 Å². The quantitative estimate of drug-likeness (QED) is 0.920. The molecular formula is C14H19BrN2O2. The molecule has 1 fully saturated rings. The van der Waals surface area contributed by atoms with E-state index in [1.165, 1.54) is 0 Å². The van der Waals surface area contributed by atoms with Gasteiger partial charge in [-0.2, -0.15) is 0 Å². The van der Waals surface area contributed by atoms with Crippen molar-refractivity contribution < 1.29 is 9.53 Å². The summed E-state index contributed by atoms with van der Waals surface area (Å²) in [6.45, 7) is 1.48. The molecule has 1 aliphatic rings. The minimum atomic E-state index is 0.143. The van der Waals surface area contributed by atoms with Crippen molar-refractivity contribution in [1.82, 2.24) is 4.90 Å². The molecular weight excluding hydrogens is 308 g/mol. The largest absolute Gasteiger partial charge is 0.496 e. The lowest BCUT2D eigenvalue weighted by Gasteiger charge is -2.16. The average Bonchev–Trinajstić information content (AvgIpc) is 2.83. The molecule has 1 aliphatic heterocycles. The SMILES string of the molecule is COc1ccc(Br)cc1CCC(=O)N1CC[C@@H](N)C1. The first-order valence-corrected chi connectivity index (χ1v) is 7.25. The third-order valence-corrected chi connectivity index (χ3v) is 3.92. The van der Waals surface area contributed by atoms with Crippen LogP contribution >= 0.6 is 15.9 Å². The van der Waals surface area contributed by atoms with E-state index in [0.717, 1.165) is 28.8 Å². The summed E-state index contributed by atoms with van der Waals surface area (Å²) in [7, 11) is 1.65. The van der Waals surface area contributed by atoms with Gasteiger partial charge < -0.3 is 15.4 Å². The van der Waals surface area contributed by atoms with Crippen molar-refractivity contribution in [1.29, 1.82) is 0 Å². The van der Waals surface area contributed by atoms with Crippen molar-refractivity contribution in [2.24, 2.45) is 5.73 Å². The van der Waals surface area contributed by atoms with Gasteiger partial charge in [-0.05, 0) is 36.6 Å². The first-order chi connectivity index (χ1) is 9.10. The van der Waals surface area contributed by atoms with Gasteiger partial charge in [0.25, 0.3) is 0 Å². The van der Waals surface area contributed by atoms with Gasteiger partial charge in [0.05, 0.1) is 7.11 Å². The fourth-order valence-electron chi connectivity index (χ4n) is 2.36. The van der Waals surface area contributed by atoms with Crippen LogP contribution in [-0.4, -0.2) is 37.0 Å². The fourth-order valence-corrected chi connectivity index (χ4v) is 2.76. The monoisotopic (exact) mass is 326 g/mol. The van der Waals surface area contributed by atoms with Gasteiger partial charge in [-0.15, -0.1) is 0 Å². The molecule has 4 nitrogen and oxygen atoms in total. The van der Waals surface area contributed by atoms with Crippen molar-refractivity contribution in [3.63, 3.8) is 0 Å². The van der Waals surface area contributed by atoms with E-state index >= 15 is 0 Å². The highest BCUT2D eigenvalue weighted by atomic mass is 79.9. The summed E-state index contributed by atoms with van der Waals surface area (Å²) >= 11 is 3.44. The third kappa shape index (κ3) is 3.70. The zero-order chi connectivity index (χ0) is 13.8. The molecule has 1 aromatic carbocycles. The third-order valence-electron chi connectivity index (χ3n) is 3.43. The number of hydrogen-bond acceptors (Lipinski definition) is 3. The smallest absolute Gasteiger partial charge is 0.222 e. The average molecular weight is 327 g/mol. The van der Waals surface area contributed by atoms with Crippen molar-refractivity contribution in [3.8, 4) is 5.75 Å². The van der Waals surface area contributed by atoms with Gasteiger partial charge in [0, 0.05) is 30.0 Å². The van der Waals surface area contributed by atoms with Gasteiger partial charge in [-0.25, -0.2) is 0 Å². The number of methoxy groups -OCH3 is 1. The molecule has 0 saturated carbocycles. The topological polar surface area (TPSA) is 55.6 Å². The molecule has 2 N–H and O–H groups in total. The minimum Gasteiger partial charge on any atom is -0.496 e. The molecule has 0 bridgehead atoms. The van der Waals surface area contributed by atoms with Crippen LogP contribution in [0.3, 0.4) is 0 Å². The van der Waals surface area contributed by atoms with Crippen molar-refractivity contribution in [2.75, 3.05) is 20.2 Å². The summed E-state index contributed by atoms with van der Waals surface area (Å²) in [6.07, 6.45) is 2.10. The lowest BCUT2D eigenvalue weighted by atomic mass is 10.1. The molecule has 1 amide bonds. The van der Waals surface area contributed by atoms with Crippen LogP contribution in [-0.2, 0) is 11.2 Å². The zero-order valence-corrected chi connectivity index (χ0v) is 12.6. The molecule has 2 rings (SSSR count). The first-order valence-electron chi connectivity index (χ1n) is 6.46. The van der Waals surface area contributed by atoms with Crippen molar-refractivity contribution in [2.45, 2.75) is 25.3 Å². The number of halogens is 1. The predicted octanol–water partition coefficient (Wildman–Crippen LogP) is 1.95. The van der Waals surface area contributed by atoms with Gasteiger partial charge in [0.15, 0.2) is 0 Å². The highest BCUT2D eigenvalue weighted by Gasteiger charge is 2.23. The number of amides is 1. The van der Waals surface area contributed by atoms with E-state index in [9.17, 15) is 4.79 Å². The zero-order valence-electron chi connectivity index (χ0n) is 11.1. The van der Waals surface area contributed by atoms with Gasteiger partial charge >= 0.3 is 0 Å². The van der Waals surface area contributed by atoms with Crippen LogP contribution < -0.4 is 10.5 Å². The molecule has 19 heavy (non-hydrogen) atoms. The highest BCUT2D eigenvalue weighted by molar-refractivity contribution is 9.10. The second kappa shape index (κ2) is 6.39. The molecule has 104 valence electrons. The molecule has 0 aliphatic carbocycles. The predicted molar refractivity (Wildman–Crippen MR) is 78.2 cm³/mol. The number of nitrogens with zero attached hydrogens (tertiary/aromatic N) is 1. The number of rotatable bonds is 4. The summed E-state index contributed by atoms with van der Waals surface area (Å²) in [5.74, 6) is 1.00. The molecule has 1 heterocycles. The van der Waals surface area contributed by atoms with Gasteiger partial charge in [-0.3, -0.25) is 4.79 Å². The maximum Gasteiger partial charge on any atom is 0.222 e. The van der Waals surface area contributed by atoms with Crippen LogP contribution in [0, 0.1) is 0 Å². The normalized spacial score (nSPS) is 18.7. The number of ether oxygens (including phenoxy) is 1. The van der Waals surface area contributed by atoms with E-state index < -0.39 is 0 Å². The number of carbonyl (C=O) groups excluding carboxylic acids is 1. The summed E-state index contributed by atoms with van der Waals surface area (Å²) in [6, 6.07) is 5.99. The van der Waals surface area contributed by atoms with Crippen LogP contribution in [0.2, 0.25) is 0 Å². The van der Waals surface area contributed by atoms with Crippen LogP contribution in [0.5, 0.6) is 5.75 Å². The Labute approximate surface area is 122 Å². The molecule has 1 saturated heterocycles. The van der Waals surface area contributed by atoms with Crippen LogP contribution in [0.15, 0.2) is 22.7 Å². The standard InChI is InChI=1S/C14H19BrN2O2/c1-19-13-4-3-11(15)8-10(13)2-5-14(18)17-7-6-12(16)9-17/h3-4,8,12H,2,5-7,9,16H2,1H3/t12-/m1/s1. The first kappa shape index (κ1) is 14.3. The maximum absolute atomic E-state index is 12.1. The molecule has 0 aromatic heterocycles. The summed E-state index contributed by atoms with van der Waals surface area (Å²) in [4.78, 5) is 13.9. The highest BCUT2D eigenvalue weighted by Crippen LogP contribution is 2.24. The lowest BCUT2D eigenvalue weighted by molar-refractivity contribution is -0.130. The Hall–Kier alpha value is -1.07. The summed E-state index contributed by atoms with van der Waals surface area (Å²) < 4.78 is 6.31. The van der Waals surface area contributed by atoms with E-state index in [1.54, 1.807) is 7.11 Å². The Morgan fingerprint density at radius 2 is 2.37 bits per heavy atom. The minimum absolute atomic E-state index is 0.143. The van der Waals surface area contributed by atoms with Crippen LogP contribution in [0.4, 0.5) is 0 Å². The van der Waals surface area contributed by atoms with E-state index in [-0.39, 0.29) is 11.9 Å². The fraction of sp³-hybridized carbons (Fsp3) is 0.500. The molecule has 0 spiro atoms. The van der Waals surface area contributed by atoms with Gasteiger partial charge in [-0.1, -0.05) is 15.9 Å². The van der Waals surface area contributed by atoms with Crippen LogP contribution in [0.25, 0.3) is 0 Å². The number of hydrogen-bond donors (Lipinski definition) is 1. The van der Waals surface area contributed by atoms with E-state index in [2.05, 4.69) is 15.9 Å². The Morgan fingerprint density at radius 3 is 3.00 bits per heavy atom. The lowest BCUT2D eigenvalue weighted by Crippen LogP contribution is -2.32. The molecule has 1 atom stereocenters. The van der Waals surface area contributed by atoms with E-state index in [1.807, 2.05) is 23.1 Å². The number of aryl methyl sites for hydroxylation is 1. The Bertz CT molecular complexity index is 465. The molecule has 5 heteroatoms. The van der Waals surface area contributed by atoms with Crippen molar-refractivity contribution in [3.05, 3.63) is 28.2 Å². The van der Waals surface area contributed by atoms with E-state index in [4.69, 9.17) is 10.5 Å². The second-order valence-corrected chi connectivity index (χ2v) is 5.76. The Balaban J connectivity index is 1.95. The van der Waals surface area contributed by atoms with Crippen molar-refractivity contribution >= 4 is 21.8 Å². The summed E-state index contributed by atoms with van der Waals surface area (Å²) in [5.41, 5.74) is 6.87. The van der Waals surface area contributed by atoms with Gasteiger partial charge in [0.1, 0.15) is 5.75 Å². The molecule has 0 unspecified atom stereocenters. The maximum atomic E-state index is 12.1. The second-order valence-electron chi connectivity index (χ2n) is 4.84. The summed E-state index contributed by atoms with van der Waals surface area (Å²) in [5, 5.41) is 0. The Kier molecular flexibility index (Phi) is 4.82. The van der Waals surface area contributed by atoms with Crippen LogP contribution in [0.1, 0.15) is 18.4 Å².